The standard InChI is InChI=1S/C16H23NO2/c1-12-13(2)17(10-8-16(12)18)15-7-5-4-6-14(15)9-11-19-3/h4-7,12-13H,8-11H2,1-3H3. The number of methoxy groups -OCH3 is 1. The lowest BCUT2D eigenvalue weighted by atomic mass is 9.89. The second-order valence-electron chi connectivity index (χ2n) is 5.31. The lowest BCUT2D eigenvalue weighted by molar-refractivity contribution is -0.123. The third kappa shape index (κ3) is 2.98. The van der Waals surface area contributed by atoms with Gasteiger partial charge >= 0.3 is 0 Å². The van der Waals surface area contributed by atoms with Crippen LogP contribution in [0.3, 0.4) is 0 Å². The van der Waals surface area contributed by atoms with Crippen molar-refractivity contribution in [2.24, 2.45) is 5.92 Å². The van der Waals surface area contributed by atoms with E-state index in [0.717, 1.165) is 19.6 Å². The van der Waals surface area contributed by atoms with Crippen LogP contribution in [-0.4, -0.2) is 32.1 Å². The highest BCUT2D eigenvalue weighted by molar-refractivity contribution is 5.84. The van der Waals surface area contributed by atoms with Gasteiger partial charge in [-0.1, -0.05) is 25.1 Å². The number of Topliss-reactive ketones (excluding diaryl/α,β-unsaturated/α-hetero) is 1. The molecule has 1 aliphatic rings. The van der Waals surface area contributed by atoms with Gasteiger partial charge in [0.15, 0.2) is 0 Å². The van der Waals surface area contributed by atoms with Crippen LogP contribution in [0.1, 0.15) is 25.8 Å². The Morgan fingerprint density at radius 3 is 2.79 bits per heavy atom. The SMILES string of the molecule is COCCc1ccccc1N1CCC(=O)C(C)C1C. The zero-order chi connectivity index (χ0) is 13.8. The Morgan fingerprint density at radius 1 is 1.32 bits per heavy atom. The van der Waals surface area contributed by atoms with Crippen molar-refractivity contribution in [2.75, 3.05) is 25.2 Å². The Bertz CT molecular complexity index is 444. The molecule has 1 saturated heterocycles. The molecule has 1 fully saturated rings. The average Bonchev–Trinajstić information content (AvgIpc) is 2.43. The third-order valence-electron chi connectivity index (χ3n) is 4.20. The quantitative estimate of drug-likeness (QED) is 0.834. The number of ether oxygens (including phenoxy) is 1. The molecule has 1 aromatic rings. The van der Waals surface area contributed by atoms with Gasteiger partial charge in [0.2, 0.25) is 0 Å². The molecule has 0 radical (unpaired) electrons. The molecule has 1 aromatic carbocycles. The minimum Gasteiger partial charge on any atom is -0.384 e. The zero-order valence-corrected chi connectivity index (χ0v) is 12.1. The fourth-order valence-corrected chi connectivity index (χ4v) is 2.76. The molecule has 3 heteroatoms. The molecule has 19 heavy (non-hydrogen) atoms. The van der Waals surface area contributed by atoms with Crippen molar-refractivity contribution in [3.05, 3.63) is 29.8 Å². The van der Waals surface area contributed by atoms with E-state index in [0.29, 0.717) is 12.2 Å². The zero-order valence-electron chi connectivity index (χ0n) is 12.1. The van der Waals surface area contributed by atoms with E-state index in [-0.39, 0.29) is 12.0 Å². The van der Waals surface area contributed by atoms with Crippen LogP contribution in [-0.2, 0) is 16.0 Å². The van der Waals surface area contributed by atoms with Gasteiger partial charge in [-0.2, -0.15) is 0 Å². The van der Waals surface area contributed by atoms with E-state index in [1.54, 1.807) is 7.11 Å². The highest BCUT2D eigenvalue weighted by Gasteiger charge is 2.31. The Hall–Kier alpha value is -1.35. The van der Waals surface area contributed by atoms with E-state index in [1.807, 2.05) is 6.92 Å². The molecule has 3 nitrogen and oxygen atoms in total. The molecule has 2 atom stereocenters. The number of carbonyl (C=O) groups excluding carboxylic acids is 1. The topological polar surface area (TPSA) is 29.5 Å². The largest absolute Gasteiger partial charge is 0.384 e. The third-order valence-corrected chi connectivity index (χ3v) is 4.20. The van der Waals surface area contributed by atoms with E-state index in [9.17, 15) is 4.79 Å². The van der Waals surface area contributed by atoms with Gasteiger partial charge < -0.3 is 9.64 Å². The van der Waals surface area contributed by atoms with Gasteiger partial charge in [0, 0.05) is 37.7 Å². The van der Waals surface area contributed by atoms with E-state index < -0.39 is 0 Å². The molecule has 0 aliphatic carbocycles. The molecule has 0 spiro atoms. The number of piperidine rings is 1. The first-order valence-corrected chi connectivity index (χ1v) is 7.01. The molecule has 2 rings (SSSR count). The van der Waals surface area contributed by atoms with E-state index in [2.05, 4.69) is 36.1 Å². The second kappa shape index (κ2) is 6.20. The fraction of sp³-hybridized carbons (Fsp3) is 0.562. The number of hydrogen-bond acceptors (Lipinski definition) is 3. The van der Waals surface area contributed by atoms with Crippen LogP contribution < -0.4 is 4.90 Å². The van der Waals surface area contributed by atoms with Gasteiger partial charge in [-0.15, -0.1) is 0 Å². The van der Waals surface area contributed by atoms with Gasteiger partial charge in [0.1, 0.15) is 5.78 Å². The van der Waals surface area contributed by atoms with E-state index in [4.69, 9.17) is 4.74 Å². The number of nitrogens with zero attached hydrogens (tertiary/aromatic N) is 1. The van der Waals surface area contributed by atoms with Crippen molar-refractivity contribution < 1.29 is 9.53 Å². The van der Waals surface area contributed by atoms with Gasteiger partial charge in [0.25, 0.3) is 0 Å². The van der Waals surface area contributed by atoms with Crippen molar-refractivity contribution in [1.29, 1.82) is 0 Å². The summed E-state index contributed by atoms with van der Waals surface area (Å²) in [5, 5.41) is 0. The summed E-state index contributed by atoms with van der Waals surface area (Å²) < 4.78 is 5.18. The predicted molar refractivity (Wildman–Crippen MR) is 77.6 cm³/mol. The van der Waals surface area contributed by atoms with Crippen LogP contribution in [0.2, 0.25) is 0 Å². The molecule has 0 N–H and O–H groups in total. The Balaban J connectivity index is 2.23. The highest BCUT2D eigenvalue weighted by Crippen LogP contribution is 2.29. The Morgan fingerprint density at radius 2 is 2.05 bits per heavy atom. The highest BCUT2D eigenvalue weighted by atomic mass is 16.5. The van der Waals surface area contributed by atoms with E-state index in [1.165, 1.54) is 11.3 Å². The number of rotatable bonds is 4. The second-order valence-corrected chi connectivity index (χ2v) is 5.31. The van der Waals surface area contributed by atoms with Crippen molar-refractivity contribution in [2.45, 2.75) is 32.7 Å². The smallest absolute Gasteiger partial charge is 0.139 e. The maximum Gasteiger partial charge on any atom is 0.139 e. The molecule has 0 bridgehead atoms. The van der Waals surface area contributed by atoms with Crippen LogP contribution >= 0.6 is 0 Å². The summed E-state index contributed by atoms with van der Waals surface area (Å²) in [6.07, 6.45) is 1.57. The summed E-state index contributed by atoms with van der Waals surface area (Å²) in [4.78, 5) is 14.2. The summed E-state index contributed by atoms with van der Waals surface area (Å²) >= 11 is 0. The van der Waals surface area contributed by atoms with Gasteiger partial charge in [-0.3, -0.25) is 4.79 Å². The van der Waals surface area contributed by atoms with Crippen LogP contribution in [0.15, 0.2) is 24.3 Å². The molecule has 0 amide bonds. The van der Waals surface area contributed by atoms with Gasteiger partial charge in [0.05, 0.1) is 6.61 Å². The van der Waals surface area contributed by atoms with E-state index >= 15 is 0 Å². The average molecular weight is 261 g/mol. The summed E-state index contributed by atoms with van der Waals surface area (Å²) in [6, 6.07) is 8.72. The maximum atomic E-state index is 11.8. The normalized spacial score (nSPS) is 23.7. The Labute approximate surface area is 115 Å². The number of anilines is 1. The lowest BCUT2D eigenvalue weighted by Gasteiger charge is -2.39. The first kappa shape index (κ1) is 14.1. The van der Waals surface area contributed by atoms with Crippen LogP contribution in [0, 0.1) is 5.92 Å². The van der Waals surface area contributed by atoms with Gasteiger partial charge in [-0.05, 0) is 25.0 Å². The summed E-state index contributed by atoms with van der Waals surface area (Å²) in [7, 11) is 1.73. The van der Waals surface area contributed by atoms with Gasteiger partial charge in [-0.25, -0.2) is 0 Å². The molecular formula is C16H23NO2. The lowest BCUT2D eigenvalue weighted by Crippen LogP contribution is -2.47. The monoisotopic (exact) mass is 261 g/mol. The molecular weight excluding hydrogens is 238 g/mol. The molecule has 0 aromatic heterocycles. The number of carbonyl (C=O) groups is 1. The Kier molecular flexibility index (Phi) is 4.59. The number of hydrogen-bond donors (Lipinski definition) is 0. The molecule has 1 aliphatic heterocycles. The summed E-state index contributed by atoms with van der Waals surface area (Å²) in [5.74, 6) is 0.502. The number of ketones is 1. The maximum absolute atomic E-state index is 11.8. The van der Waals surface area contributed by atoms with Crippen LogP contribution in [0.4, 0.5) is 5.69 Å². The van der Waals surface area contributed by atoms with Crippen molar-refractivity contribution in [3.63, 3.8) is 0 Å². The molecule has 1 heterocycles. The van der Waals surface area contributed by atoms with Crippen molar-refractivity contribution >= 4 is 11.5 Å². The summed E-state index contributed by atoms with van der Waals surface area (Å²) in [6.45, 7) is 5.74. The van der Waals surface area contributed by atoms with Crippen molar-refractivity contribution in [1.82, 2.24) is 0 Å². The molecule has 2 unspecified atom stereocenters. The number of para-hydroxylation sites is 1. The van der Waals surface area contributed by atoms with Crippen LogP contribution in [0.25, 0.3) is 0 Å². The summed E-state index contributed by atoms with van der Waals surface area (Å²) in [5.41, 5.74) is 2.56. The van der Waals surface area contributed by atoms with Crippen LogP contribution in [0.5, 0.6) is 0 Å². The first-order valence-electron chi connectivity index (χ1n) is 7.01. The fourth-order valence-electron chi connectivity index (χ4n) is 2.76. The molecule has 104 valence electrons. The van der Waals surface area contributed by atoms with Crippen molar-refractivity contribution in [3.8, 4) is 0 Å². The minimum absolute atomic E-state index is 0.115. The number of benzene rings is 1. The molecule has 0 saturated carbocycles. The first-order chi connectivity index (χ1) is 9.15. The minimum atomic E-state index is 0.115. The predicted octanol–water partition coefficient (Wildman–Crippen LogP) is 2.68.